The van der Waals surface area contributed by atoms with Gasteiger partial charge in [-0.3, -0.25) is 0 Å². The van der Waals surface area contributed by atoms with Crippen molar-refractivity contribution in [2.24, 2.45) is 5.92 Å². The van der Waals surface area contributed by atoms with E-state index >= 15 is 0 Å². The van der Waals surface area contributed by atoms with E-state index in [0.717, 1.165) is 12.8 Å². The molecule has 1 saturated carbocycles. The number of methoxy groups -OCH3 is 1. The van der Waals surface area contributed by atoms with Crippen molar-refractivity contribution in [2.45, 2.75) is 25.8 Å². The summed E-state index contributed by atoms with van der Waals surface area (Å²) in [4.78, 5) is 21.8. The zero-order valence-corrected chi connectivity index (χ0v) is 9.62. The van der Waals surface area contributed by atoms with Gasteiger partial charge in [0.25, 0.3) is 0 Å². The van der Waals surface area contributed by atoms with Crippen LogP contribution in [-0.4, -0.2) is 27.8 Å². The fraction of sp³-hybridized carbons (Fsp3) is 0.600. The van der Waals surface area contributed by atoms with Crippen molar-refractivity contribution in [3.63, 3.8) is 0 Å². The Bertz CT molecular complexity index is 464. The minimum atomic E-state index is -0.549. The summed E-state index contributed by atoms with van der Waals surface area (Å²) in [5, 5.41) is 14.6. The summed E-state index contributed by atoms with van der Waals surface area (Å²) in [7, 11) is 1.31. The molecule has 0 spiro atoms. The number of hydrogen-bond donors (Lipinski definition) is 0. The molecule has 1 unspecified atom stereocenters. The van der Waals surface area contributed by atoms with Crippen LogP contribution in [0.5, 0.6) is 0 Å². The Kier molecular flexibility index (Phi) is 2.83. The Morgan fingerprint density at radius 3 is 2.76 bits per heavy atom. The summed E-state index contributed by atoms with van der Waals surface area (Å²) < 4.78 is 6.07. The highest BCUT2D eigenvalue weighted by Gasteiger charge is 2.41. The average molecular weight is 239 g/mol. The van der Waals surface area contributed by atoms with Crippen molar-refractivity contribution in [1.29, 1.82) is 0 Å². The Morgan fingerprint density at radius 1 is 1.71 bits per heavy atom. The third kappa shape index (κ3) is 2.13. The van der Waals surface area contributed by atoms with Crippen molar-refractivity contribution in [3.05, 3.63) is 21.9 Å². The lowest BCUT2D eigenvalue weighted by atomic mass is 10.2. The second-order valence-electron chi connectivity index (χ2n) is 4.18. The molecule has 1 aliphatic rings. The van der Waals surface area contributed by atoms with Gasteiger partial charge in [-0.25, -0.2) is 4.79 Å². The van der Waals surface area contributed by atoms with Crippen molar-refractivity contribution in [2.75, 3.05) is 7.11 Å². The van der Waals surface area contributed by atoms with E-state index in [2.05, 4.69) is 5.10 Å². The maximum Gasteiger partial charge on any atom is 0.392 e. The lowest BCUT2D eigenvalue weighted by Gasteiger charge is -2.10. The van der Waals surface area contributed by atoms with Gasteiger partial charge < -0.3 is 14.9 Å². The SMILES string of the molecule is COC(=O)C(C1CC1)n1cc(C)c([N+](=O)[O-])n1. The number of nitrogens with zero attached hydrogens (tertiary/aromatic N) is 3. The van der Waals surface area contributed by atoms with Crippen molar-refractivity contribution >= 4 is 11.8 Å². The molecule has 1 atom stereocenters. The van der Waals surface area contributed by atoms with Gasteiger partial charge in [0.2, 0.25) is 0 Å². The number of aromatic nitrogens is 2. The highest BCUT2D eigenvalue weighted by Crippen LogP contribution is 2.40. The summed E-state index contributed by atoms with van der Waals surface area (Å²) in [6.07, 6.45) is 3.37. The van der Waals surface area contributed by atoms with Crippen LogP contribution in [0.25, 0.3) is 0 Å². The number of carbonyl (C=O) groups excluding carboxylic acids is 1. The fourth-order valence-corrected chi connectivity index (χ4v) is 1.85. The highest BCUT2D eigenvalue weighted by atomic mass is 16.6. The van der Waals surface area contributed by atoms with E-state index in [1.165, 1.54) is 18.0 Å². The van der Waals surface area contributed by atoms with E-state index in [1.54, 1.807) is 6.92 Å². The first-order chi connectivity index (χ1) is 8.04. The fourth-order valence-electron chi connectivity index (χ4n) is 1.85. The first-order valence-corrected chi connectivity index (χ1v) is 5.32. The highest BCUT2D eigenvalue weighted by molar-refractivity contribution is 5.74. The van der Waals surface area contributed by atoms with Crippen LogP contribution in [0.15, 0.2) is 6.20 Å². The number of rotatable bonds is 4. The van der Waals surface area contributed by atoms with Crippen LogP contribution in [0.2, 0.25) is 0 Å². The minimum absolute atomic E-state index is 0.182. The number of aryl methyl sites for hydroxylation is 1. The van der Waals surface area contributed by atoms with Crippen LogP contribution in [-0.2, 0) is 9.53 Å². The Morgan fingerprint density at radius 2 is 2.35 bits per heavy atom. The van der Waals surface area contributed by atoms with Crippen LogP contribution in [0.1, 0.15) is 24.4 Å². The van der Waals surface area contributed by atoms with Crippen LogP contribution >= 0.6 is 0 Å². The molecule has 1 aromatic heterocycles. The second kappa shape index (κ2) is 4.15. The summed E-state index contributed by atoms with van der Waals surface area (Å²) in [6, 6.07) is -0.535. The maximum atomic E-state index is 11.6. The zero-order chi connectivity index (χ0) is 12.6. The molecule has 1 aromatic rings. The molecule has 7 heteroatoms. The molecule has 0 bridgehead atoms. The van der Waals surface area contributed by atoms with E-state index in [-0.39, 0.29) is 11.7 Å². The van der Waals surface area contributed by atoms with Gasteiger partial charge >= 0.3 is 11.8 Å². The van der Waals surface area contributed by atoms with Gasteiger partial charge in [-0.15, -0.1) is 0 Å². The van der Waals surface area contributed by atoms with Gasteiger partial charge in [-0.2, -0.15) is 4.68 Å². The molecule has 2 rings (SSSR count). The quantitative estimate of drug-likeness (QED) is 0.448. The predicted molar refractivity (Wildman–Crippen MR) is 57.4 cm³/mol. The zero-order valence-electron chi connectivity index (χ0n) is 9.62. The van der Waals surface area contributed by atoms with Gasteiger partial charge in [0.05, 0.1) is 24.0 Å². The molecule has 7 nitrogen and oxygen atoms in total. The van der Waals surface area contributed by atoms with Gasteiger partial charge in [0.1, 0.15) is 0 Å². The van der Waals surface area contributed by atoms with Gasteiger partial charge in [-0.05, 0) is 30.6 Å². The van der Waals surface area contributed by atoms with Gasteiger partial charge in [0, 0.05) is 0 Å². The Labute approximate surface area is 97.5 Å². The molecule has 1 fully saturated rings. The topological polar surface area (TPSA) is 87.3 Å². The molecular formula is C10H13N3O4. The van der Waals surface area contributed by atoms with Gasteiger partial charge in [0.15, 0.2) is 6.04 Å². The number of hydrogen-bond acceptors (Lipinski definition) is 5. The number of carbonyl (C=O) groups is 1. The number of esters is 1. The van der Waals surface area contributed by atoms with E-state index in [1.807, 2.05) is 0 Å². The standard InChI is InChI=1S/C10H13N3O4/c1-6-5-12(11-9(6)13(15)16)8(7-3-4-7)10(14)17-2/h5,7-8H,3-4H2,1-2H3. The predicted octanol–water partition coefficient (Wildman–Crippen LogP) is 1.22. The van der Waals surface area contributed by atoms with Crippen LogP contribution in [0.3, 0.4) is 0 Å². The molecule has 0 amide bonds. The molecule has 17 heavy (non-hydrogen) atoms. The van der Waals surface area contributed by atoms with E-state index in [0.29, 0.717) is 5.56 Å². The monoisotopic (exact) mass is 239 g/mol. The molecule has 0 aliphatic heterocycles. The number of ether oxygens (including phenoxy) is 1. The third-order valence-electron chi connectivity index (χ3n) is 2.86. The summed E-state index contributed by atoms with van der Waals surface area (Å²) in [5.41, 5.74) is 0.449. The summed E-state index contributed by atoms with van der Waals surface area (Å²) in [5.74, 6) is -0.425. The Balaban J connectivity index is 2.33. The number of nitro groups is 1. The maximum absolute atomic E-state index is 11.6. The summed E-state index contributed by atoms with van der Waals surface area (Å²) in [6.45, 7) is 1.60. The van der Waals surface area contributed by atoms with Crippen molar-refractivity contribution in [1.82, 2.24) is 9.78 Å². The first-order valence-electron chi connectivity index (χ1n) is 5.32. The molecule has 0 radical (unpaired) electrons. The first kappa shape index (κ1) is 11.6. The molecule has 0 saturated heterocycles. The molecular weight excluding hydrogens is 226 g/mol. The molecule has 1 heterocycles. The van der Waals surface area contributed by atoms with Crippen molar-refractivity contribution in [3.8, 4) is 0 Å². The lowest BCUT2D eigenvalue weighted by Crippen LogP contribution is -2.23. The van der Waals surface area contributed by atoms with E-state index < -0.39 is 16.9 Å². The second-order valence-corrected chi connectivity index (χ2v) is 4.18. The average Bonchev–Trinajstić information content (AvgIpc) is 3.02. The van der Waals surface area contributed by atoms with E-state index in [9.17, 15) is 14.9 Å². The van der Waals surface area contributed by atoms with E-state index in [4.69, 9.17) is 4.74 Å². The molecule has 92 valence electrons. The summed E-state index contributed by atoms with van der Waals surface area (Å²) >= 11 is 0. The van der Waals surface area contributed by atoms with Crippen molar-refractivity contribution < 1.29 is 14.5 Å². The normalized spacial score (nSPS) is 16.6. The van der Waals surface area contributed by atoms with Gasteiger partial charge in [-0.1, -0.05) is 0 Å². The Hall–Kier alpha value is -1.92. The smallest absolute Gasteiger partial charge is 0.392 e. The lowest BCUT2D eigenvalue weighted by molar-refractivity contribution is -0.390. The van der Waals surface area contributed by atoms with Crippen LogP contribution in [0.4, 0.5) is 5.82 Å². The minimum Gasteiger partial charge on any atom is -0.467 e. The molecule has 0 aromatic carbocycles. The third-order valence-corrected chi connectivity index (χ3v) is 2.86. The van der Waals surface area contributed by atoms with Crippen LogP contribution in [0, 0.1) is 23.0 Å². The largest absolute Gasteiger partial charge is 0.467 e. The molecule has 1 aliphatic carbocycles. The van der Waals surface area contributed by atoms with Crippen LogP contribution < -0.4 is 0 Å². The molecule has 0 N–H and O–H groups in total.